The van der Waals surface area contributed by atoms with Gasteiger partial charge in [-0.05, 0) is 49.3 Å². The van der Waals surface area contributed by atoms with Crippen molar-refractivity contribution in [3.8, 4) is 5.75 Å². The fraction of sp³-hybridized carbons (Fsp3) is 0.793. The molecule has 0 unspecified atom stereocenters. The van der Waals surface area contributed by atoms with Crippen LogP contribution >= 0.6 is 0 Å². The molecule has 0 bridgehead atoms. The summed E-state index contributed by atoms with van der Waals surface area (Å²) in [6.45, 7) is 5.20. The number of rotatable bonds is 17. The van der Waals surface area contributed by atoms with Crippen LogP contribution in [0.2, 0.25) is 0 Å². The molecule has 1 saturated carbocycles. The highest BCUT2D eigenvalue weighted by Crippen LogP contribution is 2.47. The molecule has 0 spiro atoms. The van der Waals surface area contributed by atoms with Gasteiger partial charge in [0.1, 0.15) is 5.75 Å². The summed E-state index contributed by atoms with van der Waals surface area (Å²) in [5, 5.41) is 0. The Bertz CT molecular complexity index is 583. The van der Waals surface area contributed by atoms with Gasteiger partial charge in [0.05, 0.1) is 6.61 Å². The minimum absolute atomic E-state index is 0.00608. The Morgan fingerprint density at radius 3 is 1.91 bits per heavy atom. The zero-order valence-corrected chi connectivity index (χ0v) is 20.9. The van der Waals surface area contributed by atoms with E-state index in [0.29, 0.717) is 12.8 Å². The van der Waals surface area contributed by atoms with Crippen molar-refractivity contribution in [3.05, 3.63) is 29.8 Å². The molecule has 1 nitrogen and oxygen atoms in total. The summed E-state index contributed by atoms with van der Waals surface area (Å²) in [6, 6.07) is 7.95. The van der Waals surface area contributed by atoms with Crippen LogP contribution in [0.3, 0.4) is 0 Å². The van der Waals surface area contributed by atoms with E-state index in [4.69, 9.17) is 4.74 Å². The lowest BCUT2D eigenvalue weighted by Crippen LogP contribution is -2.35. The third-order valence-electron chi connectivity index (χ3n) is 7.25. The van der Waals surface area contributed by atoms with Gasteiger partial charge in [-0.25, -0.2) is 8.78 Å². The molecule has 3 heteroatoms. The van der Waals surface area contributed by atoms with Crippen LogP contribution in [0, 0.1) is 5.92 Å². The van der Waals surface area contributed by atoms with Crippen molar-refractivity contribution in [2.75, 3.05) is 6.61 Å². The molecule has 0 heterocycles. The maximum Gasteiger partial charge on any atom is 0.251 e. The van der Waals surface area contributed by atoms with Crippen molar-refractivity contribution in [3.63, 3.8) is 0 Å². The Hall–Kier alpha value is -1.12. The van der Waals surface area contributed by atoms with Gasteiger partial charge in [-0.3, -0.25) is 0 Å². The van der Waals surface area contributed by atoms with E-state index < -0.39 is 11.8 Å². The number of ether oxygens (including phenoxy) is 1. The molecule has 1 fully saturated rings. The van der Waals surface area contributed by atoms with E-state index >= 15 is 0 Å². The molecule has 184 valence electrons. The van der Waals surface area contributed by atoms with Crippen molar-refractivity contribution in [2.24, 2.45) is 5.92 Å². The summed E-state index contributed by atoms with van der Waals surface area (Å²) >= 11 is 0. The molecular formula is C29H48F2O. The Balaban J connectivity index is 1.67. The largest absolute Gasteiger partial charge is 0.494 e. The van der Waals surface area contributed by atoms with Gasteiger partial charge in [0, 0.05) is 12.3 Å². The number of hydrogen-bond donors (Lipinski definition) is 0. The van der Waals surface area contributed by atoms with E-state index in [9.17, 15) is 8.78 Å². The van der Waals surface area contributed by atoms with E-state index in [1.54, 1.807) is 0 Å². The first-order valence-electron chi connectivity index (χ1n) is 13.7. The molecule has 0 aliphatic heterocycles. The molecule has 0 saturated heterocycles. The number of alkyl halides is 2. The van der Waals surface area contributed by atoms with Crippen molar-refractivity contribution in [1.29, 1.82) is 0 Å². The average molecular weight is 451 g/mol. The minimum Gasteiger partial charge on any atom is -0.494 e. The van der Waals surface area contributed by atoms with Gasteiger partial charge in [-0.15, -0.1) is 0 Å². The molecular weight excluding hydrogens is 402 g/mol. The lowest BCUT2D eigenvalue weighted by molar-refractivity contribution is -0.0949. The van der Waals surface area contributed by atoms with Gasteiger partial charge in [0.25, 0.3) is 5.92 Å². The zero-order chi connectivity index (χ0) is 23.1. The van der Waals surface area contributed by atoms with Gasteiger partial charge < -0.3 is 4.74 Å². The summed E-state index contributed by atoms with van der Waals surface area (Å²) in [7, 11) is 0. The van der Waals surface area contributed by atoms with Crippen LogP contribution in [-0.2, 0) is 0 Å². The van der Waals surface area contributed by atoms with Gasteiger partial charge in [-0.1, -0.05) is 103 Å². The first-order chi connectivity index (χ1) is 15.6. The van der Waals surface area contributed by atoms with E-state index in [2.05, 4.69) is 13.8 Å². The fourth-order valence-electron chi connectivity index (χ4n) is 5.11. The van der Waals surface area contributed by atoms with E-state index in [-0.39, 0.29) is 12.3 Å². The zero-order valence-electron chi connectivity index (χ0n) is 20.9. The van der Waals surface area contributed by atoms with Crippen LogP contribution < -0.4 is 4.74 Å². The van der Waals surface area contributed by atoms with Gasteiger partial charge in [0.2, 0.25) is 0 Å². The lowest BCUT2D eigenvalue weighted by atomic mass is 9.74. The third-order valence-corrected chi connectivity index (χ3v) is 7.25. The van der Waals surface area contributed by atoms with Gasteiger partial charge >= 0.3 is 0 Å². The second kappa shape index (κ2) is 15.7. The number of halogens is 2. The predicted molar refractivity (Wildman–Crippen MR) is 133 cm³/mol. The second-order valence-electron chi connectivity index (χ2n) is 10.0. The molecule has 0 aromatic heterocycles. The molecule has 0 N–H and O–H groups in total. The number of hydrogen-bond acceptors (Lipinski definition) is 1. The van der Waals surface area contributed by atoms with Gasteiger partial charge in [0.15, 0.2) is 0 Å². The van der Waals surface area contributed by atoms with Crippen molar-refractivity contribution >= 4 is 0 Å². The SMILES string of the molecule is CCCCCCCCC[C@@H]1CC[C@@H](c2ccc(OCCCCCCCC)cc2)CC1(F)F. The third kappa shape index (κ3) is 10.2. The maximum absolute atomic E-state index is 14.9. The Morgan fingerprint density at radius 2 is 1.31 bits per heavy atom. The normalized spacial score (nSPS) is 20.4. The summed E-state index contributed by atoms with van der Waals surface area (Å²) < 4.78 is 35.6. The van der Waals surface area contributed by atoms with Crippen LogP contribution in [0.4, 0.5) is 8.78 Å². The highest BCUT2D eigenvalue weighted by Gasteiger charge is 2.44. The second-order valence-corrected chi connectivity index (χ2v) is 10.0. The first-order valence-corrected chi connectivity index (χ1v) is 13.7. The number of unbranched alkanes of at least 4 members (excludes halogenated alkanes) is 11. The molecule has 1 aliphatic rings. The van der Waals surface area contributed by atoms with Crippen LogP contribution in [0.1, 0.15) is 134 Å². The molecule has 2 atom stereocenters. The Kier molecular flexibility index (Phi) is 13.3. The van der Waals surface area contributed by atoms with E-state index in [1.165, 1.54) is 64.2 Å². The molecule has 2 rings (SSSR count). The fourth-order valence-corrected chi connectivity index (χ4v) is 5.11. The first kappa shape index (κ1) is 27.1. The predicted octanol–water partition coefficient (Wildman–Crippen LogP) is 10.1. The van der Waals surface area contributed by atoms with E-state index in [0.717, 1.165) is 43.6 Å². The lowest BCUT2D eigenvalue weighted by Gasteiger charge is -2.36. The van der Waals surface area contributed by atoms with Crippen LogP contribution in [0.15, 0.2) is 24.3 Å². The summed E-state index contributed by atoms with van der Waals surface area (Å²) in [4.78, 5) is 0. The topological polar surface area (TPSA) is 9.23 Å². The monoisotopic (exact) mass is 450 g/mol. The maximum atomic E-state index is 14.9. The van der Waals surface area contributed by atoms with Crippen LogP contribution in [0.5, 0.6) is 5.75 Å². The Labute approximate surface area is 196 Å². The van der Waals surface area contributed by atoms with Gasteiger partial charge in [-0.2, -0.15) is 0 Å². The molecule has 32 heavy (non-hydrogen) atoms. The quantitative estimate of drug-likeness (QED) is 0.214. The standard InChI is InChI=1S/C29H48F2O/c1-3-5-7-9-11-12-14-16-27-20-17-26(24-29(27,30)31)25-18-21-28(22-19-25)32-23-15-13-10-8-6-4-2/h18-19,21-22,26-27H,3-17,20,23-24H2,1-2H3/t26-,27-/m1/s1. The highest BCUT2D eigenvalue weighted by molar-refractivity contribution is 5.30. The molecule has 1 aromatic rings. The summed E-state index contributed by atoms with van der Waals surface area (Å²) in [6.07, 6.45) is 18.1. The minimum atomic E-state index is -2.53. The van der Waals surface area contributed by atoms with Crippen LogP contribution in [0.25, 0.3) is 0 Å². The average Bonchev–Trinajstić information content (AvgIpc) is 2.79. The molecule has 1 aromatic carbocycles. The molecule has 1 aliphatic carbocycles. The Morgan fingerprint density at radius 1 is 0.750 bits per heavy atom. The van der Waals surface area contributed by atoms with Crippen molar-refractivity contribution < 1.29 is 13.5 Å². The summed E-state index contributed by atoms with van der Waals surface area (Å²) in [5.41, 5.74) is 1.05. The molecule has 0 radical (unpaired) electrons. The van der Waals surface area contributed by atoms with E-state index in [1.807, 2.05) is 24.3 Å². The smallest absolute Gasteiger partial charge is 0.251 e. The van der Waals surface area contributed by atoms with Crippen LogP contribution in [-0.4, -0.2) is 12.5 Å². The van der Waals surface area contributed by atoms with Crippen molar-refractivity contribution in [1.82, 2.24) is 0 Å². The van der Waals surface area contributed by atoms with Crippen molar-refractivity contribution in [2.45, 2.75) is 135 Å². The molecule has 0 amide bonds. The number of benzene rings is 1. The highest BCUT2D eigenvalue weighted by atomic mass is 19.3. The summed E-state index contributed by atoms with van der Waals surface area (Å²) in [5.74, 6) is -2.11.